The first-order valence-corrected chi connectivity index (χ1v) is 6.04. The molecule has 1 N–H and O–H groups in total. The number of benzene rings is 1. The maximum atomic E-state index is 12.9. The van der Waals surface area contributed by atoms with Gasteiger partial charge in [0.25, 0.3) is 0 Å². The van der Waals surface area contributed by atoms with Crippen LogP contribution in [0.1, 0.15) is 19.8 Å². The molecule has 0 aromatic heterocycles. The summed E-state index contributed by atoms with van der Waals surface area (Å²) in [6, 6.07) is 7.35. The quantitative estimate of drug-likeness (QED) is 0.845. The molecule has 0 saturated carbocycles. The van der Waals surface area contributed by atoms with Crippen LogP contribution in [0.4, 0.5) is 10.1 Å². The van der Waals surface area contributed by atoms with Gasteiger partial charge in [-0.15, -0.1) is 0 Å². The lowest BCUT2D eigenvalue weighted by atomic mass is 10.1. The number of likely N-dealkylation sites (N-methyl/N-ethyl adjacent to an activating group) is 1. The molecule has 0 radical (unpaired) electrons. The Morgan fingerprint density at radius 1 is 1.38 bits per heavy atom. The monoisotopic (exact) mass is 222 g/mol. The van der Waals surface area contributed by atoms with Gasteiger partial charge in [-0.1, -0.05) is 0 Å². The van der Waals surface area contributed by atoms with E-state index in [0.717, 1.165) is 25.3 Å². The summed E-state index contributed by atoms with van der Waals surface area (Å²) in [6.45, 7) is 5.28. The molecular weight excluding hydrogens is 203 g/mol. The average Bonchev–Trinajstić information content (AvgIpc) is 2.34. The highest BCUT2D eigenvalue weighted by Crippen LogP contribution is 2.20. The van der Waals surface area contributed by atoms with Crippen LogP contribution in [0.3, 0.4) is 0 Å². The zero-order valence-corrected chi connectivity index (χ0v) is 9.75. The Labute approximate surface area is 96.5 Å². The van der Waals surface area contributed by atoms with Crippen LogP contribution >= 0.6 is 0 Å². The summed E-state index contributed by atoms with van der Waals surface area (Å²) in [6.07, 6.45) is 2.45. The van der Waals surface area contributed by atoms with Gasteiger partial charge in [0.05, 0.1) is 0 Å². The minimum absolute atomic E-state index is 0.165. The number of nitrogens with zero attached hydrogens (tertiary/aromatic N) is 1. The number of halogens is 1. The molecule has 1 aliphatic heterocycles. The van der Waals surface area contributed by atoms with E-state index < -0.39 is 0 Å². The van der Waals surface area contributed by atoms with E-state index in [4.69, 9.17) is 0 Å². The van der Waals surface area contributed by atoms with Crippen molar-refractivity contribution >= 4 is 5.69 Å². The average molecular weight is 222 g/mol. The normalized spacial score (nSPS) is 20.8. The predicted octanol–water partition coefficient (Wildman–Crippen LogP) is 2.40. The van der Waals surface area contributed by atoms with Crippen molar-refractivity contribution in [3.63, 3.8) is 0 Å². The molecule has 1 atom stereocenters. The standard InChI is InChI=1S/C13H19FN2/c1-2-16(13-4-3-9-15-10-13)12-7-5-11(14)6-8-12/h5-8,13,15H,2-4,9-10H2,1H3. The van der Waals surface area contributed by atoms with E-state index in [1.165, 1.54) is 25.0 Å². The lowest BCUT2D eigenvalue weighted by Gasteiger charge is -2.35. The van der Waals surface area contributed by atoms with Gasteiger partial charge in [-0.2, -0.15) is 0 Å². The molecule has 16 heavy (non-hydrogen) atoms. The number of hydrogen-bond donors (Lipinski definition) is 1. The lowest BCUT2D eigenvalue weighted by molar-refractivity contribution is 0.435. The van der Waals surface area contributed by atoms with Gasteiger partial charge in [0.15, 0.2) is 0 Å². The third kappa shape index (κ3) is 2.53. The van der Waals surface area contributed by atoms with Crippen molar-refractivity contribution < 1.29 is 4.39 Å². The van der Waals surface area contributed by atoms with Crippen molar-refractivity contribution in [1.82, 2.24) is 5.32 Å². The fraction of sp³-hybridized carbons (Fsp3) is 0.538. The van der Waals surface area contributed by atoms with Gasteiger partial charge in [-0.25, -0.2) is 4.39 Å². The molecule has 0 spiro atoms. The van der Waals surface area contributed by atoms with Crippen molar-refractivity contribution in [3.8, 4) is 0 Å². The SMILES string of the molecule is CCN(c1ccc(F)cc1)C1CCCNC1. The van der Waals surface area contributed by atoms with Crippen LogP contribution in [0.2, 0.25) is 0 Å². The smallest absolute Gasteiger partial charge is 0.123 e. The molecule has 2 rings (SSSR count). The minimum atomic E-state index is -0.165. The van der Waals surface area contributed by atoms with Crippen molar-refractivity contribution in [1.29, 1.82) is 0 Å². The molecule has 1 aliphatic rings. The molecule has 1 unspecified atom stereocenters. The first-order chi connectivity index (χ1) is 7.81. The summed E-state index contributed by atoms with van der Waals surface area (Å²) in [5.41, 5.74) is 1.12. The van der Waals surface area contributed by atoms with Crippen LogP contribution in [-0.4, -0.2) is 25.7 Å². The number of anilines is 1. The highest BCUT2D eigenvalue weighted by atomic mass is 19.1. The van der Waals surface area contributed by atoms with Crippen LogP contribution in [0.5, 0.6) is 0 Å². The Morgan fingerprint density at radius 2 is 2.12 bits per heavy atom. The molecule has 1 aromatic rings. The lowest BCUT2D eigenvalue weighted by Crippen LogP contribution is -2.46. The molecule has 0 bridgehead atoms. The summed E-state index contributed by atoms with van der Waals surface area (Å²) < 4.78 is 12.9. The molecule has 0 aliphatic carbocycles. The molecule has 3 heteroatoms. The van der Waals surface area contributed by atoms with Gasteiger partial charge in [-0.05, 0) is 50.6 Å². The Kier molecular flexibility index (Phi) is 3.78. The van der Waals surface area contributed by atoms with Gasteiger partial charge >= 0.3 is 0 Å². The highest BCUT2D eigenvalue weighted by molar-refractivity contribution is 5.47. The minimum Gasteiger partial charge on any atom is -0.368 e. The summed E-state index contributed by atoms with van der Waals surface area (Å²) in [5.74, 6) is -0.165. The summed E-state index contributed by atoms with van der Waals surface area (Å²) in [5, 5.41) is 3.42. The number of piperidine rings is 1. The number of nitrogens with one attached hydrogen (secondary N) is 1. The van der Waals surface area contributed by atoms with Crippen LogP contribution in [0, 0.1) is 5.82 Å². The van der Waals surface area contributed by atoms with Crippen molar-refractivity contribution in [2.45, 2.75) is 25.8 Å². The van der Waals surface area contributed by atoms with Crippen molar-refractivity contribution in [2.24, 2.45) is 0 Å². The van der Waals surface area contributed by atoms with E-state index in [2.05, 4.69) is 17.1 Å². The van der Waals surface area contributed by atoms with Gasteiger partial charge in [0.1, 0.15) is 5.82 Å². The van der Waals surface area contributed by atoms with E-state index in [9.17, 15) is 4.39 Å². The van der Waals surface area contributed by atoms with E-state index in [-0.39, 0.29) is 5.82 Å². The summed E-state index contributed by atoms with van der Waals surface area (Å²) >= 11 is 0. The predicted molar refractivity (Wildman–Crippen MR) is 65.3 cm³/mol. The van der Waals surface area contributed by atoms with Crippen LogP contribution < -0.4 is 10.2 Å². The number of rotatable bonds is 3. The Balaban J connectivity index is 2.11. The first kappa shape index (κ1) is 11.4. The van der Waals surface area contributed by atoms with Crippen molar-refractivity contribution in [2.75, 3.05) is 24.5 Å². The van der Waals surface area contributed by atoms with Crippen molar-refractivity contribution in [3.05, 3.63) is 30.1 Å². The second kappa shape index (κ2) is 5.30. The van der Waals surface area contributed by atoms with E-state index in [1.54, 1.807) is 0 Å². The fourth-order valence-electron chi connectivity index (χ4n) is 2.38. The summed E-state index contributed by atoms with van der Waals surface area (Å²) in [7, 11) is 0. The van der Waals surface area contributed by atoms with Gasteiger partial charge < -0.3 is 10.2 Å². The fourth-order valence-corrected chi connectivity index (χ4v) is 2.38. The molecule has 0 amide bonds. The molecule has 1 fully saturated rings. The Morgan fingerprint density at radius 3 is 2.69 bits per heavy atom. The van der Waals surface area contributed by atoms with Crippen LogP contribution in [-0.2, 0) is 0 Å². The zero-order chi connectivity index (χ0) is 11.4. The van der Waals surface area contributed by atoms with Gasteiger partial charge in [-0.3, -0.25) is 0 Å². The molecule has 2 nitrogen and oxygen atoms in total. The van der Waals surface area contributed by atoms with Crippen LogP contribution in [0.25, 0.3) is 0 Å². The molecule has 88 valence electrons. The Hall–Kier alpha value is -1.09. The zero-order valence-electron chi connectivity index (χ0n) is 9.75. The van der Waals surface area contributed by atoms with E-state index >= 15 is 0 Å². The van der Waals surface area contributed by atoms with Crippen LogP contribution in [0.15, 0.2) is 24.3 Å². The maximum absolute atomic E-state index is 12.9. The first-order valence-electron chi connectivity index (χ1n) is 6.04. The summed E-state index contributed by atoms with van der Waals surface area (Å²) in [4.78, 5) is 2.35. The third-order valence-corrected chi connectivity index (χ3v) is 3.21. The van der Waals surface area contributed by atoms with Gasteiger partial charge in [0, 0.05) is 24.8 Å². The topological polar surface area (TPSA) is 15.3 Å². The second-order valence-corrected chi connectivity index (χ2v) is 4.26. The largest absolute Gasteiger partial charge is 0.368 e. The molecule has 1 aromatic carbocycles. The van der Waals surface area contributed by atoms with E-state index in [1.807, 2.05) is 12.1 Å². The highest BCUT2D eigenvalue weighted by Gasteiger charge is 2.19. The van der Waals surface area contributed by atoms with Gasteiger partial charge in [0.2, 0.25) is 0 Å². The maximum Gasteiger partial charge on any atom is 0.123 e. The second-order valence-electron chi connectivity index (χ2n) is 4.26. The third-order valence-electron chi connectivity index (χ3n) is 3.21. The molecular formula is C13H19FN2. The number of hydrogen-bond acceptors (Lipinski definition) is 2. The molecule has 1 heterocycles. The molecule has 1 saturated heterocycles. The Bertz CT molecular complexity index is 317. The van der Waals surface area contributed by atoms with E-state index in [0.29, 0.717) is 6.04 Å².